The Labute approximate surface area is 117 Å². The lowest BCUT2D eigenvalue weighted by Gasteiger charge is -2.41. The van der Waals surface area contributed by atoms with E-state index in [1.165, 1.54) is 24.1 Å². The van der Waals surface area contributed by atoms with Crippen LogP contribution in [0.5, 0.6) is 0 Å². The molecule has 104 valence electrons. The van der Waals surface area contributed by atoms with Crippen LogP contribution >= 0.6 is 0 Å². The molecular formula is C17H26N2. The van der Waals surface area contributed by atoms with Gasteiger partial charge in [0.2, 0.25) is 0 Å². The maximum Gasteiger partial charge on any atom is 0.0432 e. The zero-order valence-electron chi connectivity index (χ0n) is 12.3. The van der Waals surface area contributed by atoms with Crippen LogP contribution in [-0.2, 0) is 6.42 Å². The number of benzene rings is 1. The Bertz CT molecular complexity index is 400. The molecule has 0 unspecified atom stereocenters. The number of hydrogen-bond donors (Lipinski definition) is 1. The highest BCUT2D eigenvalue weighted by Crippen LogP contribution is 2.30. The molecule has 1 aromatic rings. The summed E-state index contributed by atoms with van der Waals surface area (Å²) in [7, 11) is 2.20. The van der Waals surface area contributed by atoms with Gasteiger partial charge in [0.05, 0.1) is 0 Å². The summed E-state index contributed by atoms with van der Waals surface area (Å²) in [4.78, 5) is 2.41. The molecule has 2 nitrogen and oxygen atoms in total. The van der Waals surface area contributed by atoms with E-state index in [-0.39, 0.29) is 5.54 Å². The minimum atomic E-state index is 0.196. The number of rotatable bonds is 5. The van der Waals surface area contributed by atoms with Gasteiger partial charge >= 0.3 is 0 Å². The molecular weight excluding hydrogens is 232 g/mol. The van der Waals surface area contributed by atoms with Crippen molar-refractivity contribution in [3.63, 3.8) is 0 Å². The van der Waals surface area contributed by atoms with Gasteiger partial charge in [0.15, 0.2) is 0 Å². The molecule has 0 bridgehead atoms. The highest BCUT2D eigenvalue weighted by atomic mass is 15.1. The maximum atomic E-state index is 3.93. The van der Waals surface area contributed by atoms with E-state index in [1.54, 1.807) is 0 Å². The van der Waals surface area contributed by atoms with Crippen molar-refractivity contribution in [1.82, 2.24) is 4.90 Å². The topological polar surface area (TPSA) is 15.3 Å². The van der Waals surface area contributed by atoms with Gasteiger partial charge in [-0.25, -0.2) is 0 Å². The standard InChI is InChI=1S/C17H26N2/c1-4-10-17(11-13-19(3)14-12-17)18-16-8-6-15(5-2)7-9-16/h4,6-9,18H,1,5,10-14H2,2-3H3. The first-order valence-electron chi connectivity index (χ1n) is 7.34. The summed E-state index contributed by atoms with van der Waals surface area (Å²) in [6.07, 6.45) is 6.56. The van der Waals surface area contributed by atoms with Gasteiger partial charge in [-0.3, -0.25) is 0 Å². The number of aryl methyl sites for hydroxylation is 1. The van der Waals surface area contributed by atoms with Gasteiger partial charge in [-0.1, -0.05) is 25.1 Å². The summed E-state index contributed by atoms with van der Waals surface area (Å²) in [5, 5.41) is 3.77. The molecule has 0 aliphatic carbocycles. The van der Waals surface area contributed by atoms with E-state index in [2.05, 4.69) is 61.1 Å². The molecule has 1 aromatic carbocycles. The van der Waals surface area contributed by atoms with Crippen molar-refractivity contribution in [2.45, 2.75) is 38.1 Å². The third-order valence-corrected chi connectivity index (χ3v) is 4.25. The van der Waals surface area contributed by atoms with Crippen LogP contribution in [0.3, 0.4) is 0 Å². The molecule has 0 aromatic heterocycles. The van der Waals surface area contributed by atoms with Crippen molar-refractivity contribution in [3.8, 4) is 0 Å². The molecule has 0 spiro atoms. The van der Waals surface area contributed by atoms with Crippen molar-refractivity contribution >= 4 is 5.69 Å². The minimum absolute atomic E-state index is 0.196. The summed E-state index contributed by atoms with van der Waals surface area (Å²) in [6, 6.07) is 8.86. The smallest absolute Gasteiger partial charge is 0.0432 e. The first kappa shape index (κ1) is 14.1. The fourth-order valence-electron chi connectivity index (χ4n) is 2.83. The summed E-state index contributed by atoms with van der Waals surface area (Å²) in [5.74, 6) is 0. The van der Waals surface area contributed by atoms with Crippen molar-refractivity contribution in [3.05, 3.63) is 42.5 Å². The third kappa shape index (κ3) is 3.60. The number of likely N-dealkylation sites (tertiary alicyclic amines) is 1. The first-order valence-corrected chi connectivity index (χ1v) is 7.34. The van der Waals surface area contributed by atoms with E-state index in [0.717, 1.165) is 25.9 Å². The highest BCUT2D eigenvalue weighted by Gasteiger charge is 2.32. The Morgan fingerprint density at radius 2 is 1.89 bits per heavy atom. The lowest BCUT2D eigenvalue weighted by atomic mass is 9.84. The van der Waals surface area contributed by atoms with Crippen LogP contribution in [0.25, 0.3) is 0 Å². The van der Waals surface area contributed by atoms with Crippen molar-refractivity contribution in [1.29, 1.82) is 0 Å². The molecule has 0 atom stereocenters. The van der Waals surface area contributed by atoms with Gasteiger partial charge in [-0.15, -0.1) is 6.58 Å². The van der Waals surface area contributed by atoms with Crippen molar-refractivity contribution in [2.24, 2.45) is 0 Å². The Hall–Kier alpha value is -1.28. The highest BCUT2D eigenvalue weighted by molar-refractivity contribution is 5.47. The van der Waals surface area contributed by atoms with Crippen LogP contribution in [0.15, 0.2) is 36.9 Å². The van der Waals surface area contributed by atoms with Gasteiger partial charge in [-0.05, 0) is 50.4 Å². The summed E-state index contributed by atoms with van der Waals surface area (Å²) in [5.41, 5.74) is 2.83. The Balaban J connectivity index is 2.09. The second kappa shape index (κ2) is 6.25. The predicted molar refractivity (Wildman–Crippen MR) is 83.7 cm³/mol. The number of hydrogen-bond acceptors (Lipinski definition) is 2. The van der Waals surface area contributed by atoms with E-state index in [1.807, 2.05) is 0 Å². The predicted octanol–water partition coefficient (Wildman–Crippen LogP) is 3.70. The average Bonchev–Trinajstić information content (AvgIpc) is 2.43. The molecule has 0 radical (unpaired) electrons. The second-order valence-electron chi connectivity index (χ2n) is 5.75. The lowest BCUT2D eigenvalue weighted by Crippen LogP contribution is -2.47. The van der Waals surface area contributed by atoms with E-state index in [0.29, 0.717) is 0 Å². The minimum Gasteiger partial charge on any atom is -0.379 e. The molecule has 1 N–H and O–H groups in total. The fraction of sp³-hybridized carbons (Fsp3) is 0.529. The van der Waals surface area contributed by atoms with E-state index in [9.17, 15) is 0 Å². The molecule has 1 saturated heterocycles. The van der Waals surface area contributed by atoms with Crippen LogP contribution in [-0.4, -0.2) is 30.6 Å². The number of piperidine rings is 1. The SMILES string of the molecule is C=CCC1(Nc2ccc(CC)cc2)CCN(C)CC1. The summed E-state index contributed by atoms with van der Waals surface area (Å²) < 4.78 is 0. The molecule has 2 heteroatoms. The van der Waals surface area contributed by atoms with Crippen LogP contribution in [0.2, 0.25) is 0 Å². The molecule has 1 heterocycles. The monoisotopic (exact) mass is 258 g/mol. The quantitative estimate of drug-likeness (QED) is 0.810. The number of nitrogens with one attached hydrogen (secondary N) is 1. The lowest BCUT2D eigenvalue weighted by molar-refractivity contribution is 0.206. The van der Waals surface area contributed by atoms with Gasteiger partial charge in [-0.2, -0.15) is 0 Å². The maximum absolute atomic E-state index is 3.93. The van der Waals surface area contributed by atoms with E-state index < -0.39 is 0 Å². The second-order valence-corrected chi connectivity index (χ2v) is 5.75. The largest absolute Gasteiger partial charge is 0.379 e. The Morgan fingerprint density at radius 3 is 2.42 bits per heavy atom. The Morgan fingerprint density at radius 1 is 1.26 bits per heavy atom. The Kier molecular flexibility index (Phi) is 4.65. The summed E-state index contributed by atoms with van der Waals surface area (Å²) in [6.45, 7) is 8.45. The zero-order valence-corrected chi connectivity index (χ0v) is 12.3. The van der Waals surface area contributed by atoms with Gasteiger partial charge < -0.3 is 10.2 Å². The van der Waals surface area contributed by atoms with Crippen molar-refractivity contribution < 1.29 is 0 Å². The molecule has 1 aliphatic rings. The molecule has 0 saturated carbocycles. The average molecular weight is 258 g/mol. The van der Waals surface area contributed by atoms with Crippen LogP contribution in [0.4, 0.5) is 5.69 Å². The summed E-state index contributed by atoms with van der Waals surface area (Å²) >= 11 is 0. The molecule has 1 aliphatic heterocycles. The number of anilines is 1. The molecule has 19 heavy (non-hydrogen) atoms. The first-order chi connectivity index (χ1) is 9.17. The third-order valence-electron chi connectivity index (χ3n) is 4.25. The van der Waals surface area contributed by atoms with Gasteiger partial charge in [0.1, 0.15) is 0 Å². The normalized spacial score (nSPS) is 19.1. The molecule has 1 fully saturated rings. The molecule has 2 rings (SSSR count). The number of nitrogens with zero attached hydrogens (tertiary/aromatic N) is 1. The fourth-order valence-corrected chi connectivity index (χ4v) is 2.83. The van der Waals surface area contributed by atoms with Crippen molar-refractivity contribution in [2.75, 3.05) is 25.5 Å². The van der Waals surface area contributed by atoms with Crippen LogP contribution in [0.1, 0.15) is 31.7 Å². The van der Waals surface area contributed by atoms with E-state index in [4.69, 9.17) is 0 Å². The van der Waals surface area contributed by atoms with E-state index >= 15 is 0 Å². The van der Waals surface area contributed by atoms with Crippen LogP contribution in [0, 0.1) is 0 Å². The van der Waals surface area contributed by atoms with Gasteiger partial charge in [0.25, 0.3) is 0 Å². The molecule has 0 amide bonds. The van der Waals surface area contributed by atoms with Crippen LogP contribution < -0.4 is 5.32 Å². The zero-order chi connectivity index (χ0) is 13.7. The van der Waals surface area contributed by atoms with Gasteiger partial charge in [0, 0.05) is 24.3 Å².